The van der Waals surface area contributed by atoms with Crippen molar-refractivity contribution in [2.75, 3.05) is 33.2 Å². The molecular weight excluding hydrogens is 176 g/mol. The molecule has 1 fully saturated rings. The Hall–Kier alpha value is -0.120. The minimum Gasteiger partial charge on any atom is -0.392 e. The minimum absolute atomic E-state index is 0.0880. The fourth-order valence-corrected chi connectivity index (χ4v) is 1.64. The van der Waals surface area contributed by atoms with Crippen LogP contribution < -0.4 is 0 Å². The molecular formula is C11H24N2O. The van der Waals surface area contributed by atoms with Crippen LogP contribution in [0.1, 0.15) is 27.2 Å². The van der Waals surface area contributed by atoms with E-state index in [0.717, 1.165) is 32.6 Å². The van der Waals surface area contributed by atoms with Crippen molar-refractivity contribution in [2.45, 2.75) is 38.8 Å². The van der Waals surface area contributed by atoms with Gasteiger partial charge >= 0.3 is 0 Å². The van der Waals surface area contributed by atoms with Gasteiger partial charge in [-0.15, -0.1) is 0 Å². The van der Waals surface area contributed by atoms with E-state index in [9.17, 15) is 5.11 Å². The van der Waals surface area contributed by atoms with Gasteiger partial charge in [0.25, 0.3) is 0 Å². The molecule has 84 valence electrons. The van der Waals surface area contributed by atoms with Gasteiger partial charge in [-0.3, -0.25) is 4.90 Å². The number of aliphatic hydroxyl groups is 1. The largest absolute Gasteiger partial charge is 0.392 e. The first kappa shape index (κ1) is 12.0. The number of rotatable bonds is 3. The van der Waals surface area contributed by atoms with Crippen molar-refractivity contribution in [3.05, 3.63) is 0 Å². The third kappa shape index (κ3) is 3.56. The highest BCUT2D eigenvalue weighted by atomic mass is 16.3. The highest BCUT2D eigenvalue weighted by molar-refractivity contribution is 4.78. The fourth-order valence-electron chi connectivity index (χ4n) is 1.64. The summed E-state index contributed by atoms with van der Waals surface area (Å²) in [4.78, 5) is 4.70. The van der Waals surface area contributed by atoms with Crippen LogP contribution >= 0.6 is 0 Å². The van der Waals surface area contributed by atoms with Crippen LogP contribution in [-0.4, -0.2) is 59.8 Å². The van der Waals surface area contributed by atoms with Crippen molar-refractivity contribution >= 4 is 0 Å². The molecule has 0 saturated carbocycles. The normalized spacial score (nSPS) is 24.9. The van der Waals surface area contributed by atoms with E-state index in [2.05, 4.69) is 37.6 Å². The second kappa shape index (κ2) is 4.60. The molecule has 0 spiro atoms. The molecule has 1 N–H and O–H groups in total. The Morgan fingerprint density at radius 3 is 2.50 bits per heavy atom. The number of likely N-dealkylation sites (N-methyl/N-ethyl adjacent to an activating group) is 1. The van der Waals surface area contributed by atoms with Crippen LogP contribution in [0.15, 0.2) is 0 Å². The molecule has 3 nitrogen and oxygen atoms in total. The third-order valence-corrected chi connectivity index (χ3v) is 3.14. The fraction of sp³-hybridized carbons (Fsp3) is 1.00. The van der Waals surface area contributed by atoms with Crippen LogP contribution in [0.3, 0.4) is 0 Å². The van der Waals surface area contributed by atoms with Gasteiger partial charge < -0.3 is 10.0 Å². The van der Waals surface area contributed by atoms with Crippen molar-refractivity contribution < 1.29 is 5.11 Å². The van der Waals surface area contributed by atoms with Gasteiger partial charge in [0.1, 0.15) is 0 Å². The first-order valence-electron chi connectivity index (χ1n) is 5.51. The van der Waals surface area contributed by atoms with E-state index in [1.54, 1.807) is 0 Å². The van der Waals surface area contributed by atoms with Crippen LogP contribution in [-0.2, 0) is 0 Å². The molecule has 0 unspecified atom stereocenters. The summed E-state index contributed by atoms with van der Waals surface area (Å²) >= 11 is 0. The van der Waals surface area contributed by atoms with Gasteiger partial charge in [-0.2, -0.15) is 0 Å². The topological polar surface area (TPSA) is 26.7 Å². The molecule has 1 aliphatic heterocycles. The second-order valence-electron chi connectivity index (χ2n) is 5.34. The molecule has 0 bridgehead atoms. The zero-order chi connectivity index (χ0) is 10.8. The summed E-state index contributed by atoms with van der Waals surface area (Å²) in [5.41, 5.74) is 0.248. The number of β-amino-alcohol motifs (C(OH)–C–C–N with tert-alkyl or cyclic N) is 1. The SMILES string of the molecule is CN(CCN1CC[C@@H](O)C1)C(C)(C)C. The van der Waals surface area contributed by atoms with Gasteiger partial charge in [0.15, 0.2) is 0 Å². The molecule has 0 aromatic heterocycles. The molecule has 1 atom stereocenters. The summed E-state index contributed by atoms with van der Waals surface area (Å²) in [7, 11) is 2.16. The second-order valence-corrected chi connectivity index (χ2v) is 5.34. The van der Waals surface area contributed by atoms with Crippen molar-refractivity contribution in [2.24, 2.45) is 0 Å². The van der Waals surface area contributed by atoms with Crippen LogP contribution in [0.4, 0.5) is 0 Å². The van der Waals surface area contributed by atoms with Crippen LogP contribution in [0.25, 0.3) is 0 Å². The number of hydrogen-bond donors (Lipinski definition) is 1. The maximum atomic E-state index is 9.37. The first-order valence-corrected chi connectivity index (χ1v) is 5.51. The van der Waals surface area contributed by atoms with E-state index in [-0.39, 0.29) is 11.6 Å². The van der Waals surface area contributed by atoms with Crippen molar-refractivity contribution in [1.29, 1.82) is 0 Å². The average molecular weight is 200 g/mol. The number of nitrogens with zero attached hydrogens (tertiary/aromatic N) is 2. The van der Waals surface area contributed by atoms with Gasteiger partial charge in [-0.05, 0) is 34.2 Å². The Bertz CT molecular complexity index is 177. The molecule has 0 aliphatic carbocycles. The quantitative estimate of drug-likeness (QED) is 0.729. The Morgan fingerprint density at radius 2 is 2.07 bits per heavy atom. The monoisotopic (exact) mass is 200 g/mol. The molecule has 0 amide bonds. The van der Waals surface area contributed by atoms with Crippen LogP contribution in [0.5, 0.6) is 0 Å². The molecule has 1 saturated heterocycles. The molecule has 1 heterocycles. The maximum absolute atomic E-state index is 9.37. The lowest BCUT2D eigenvalue weighted by molar-refractivity contribution is 0.141. The van der Waals surface area contributed by atoms with Gasteiger partial charge in [0.05, 0.1) is 6.10 Å². The lowest BCUT2D eigenvalue weighted by Gasteiger charge is -2.33. The Labute approximate surface area is 87.7 Å². The van der Waals surface area contributed by atoms with E-state index in [0.29, 0.717) is 0 Å². The number of hydrogen-bond acceptors (Lipinski definition) is 3. The van der Waals surface area contributed by atoms with Gasteiger partial charge in [-0.1, -0.05) is 0 Å². The lowest BCUT2D eigenvalue weighted by Crippen LogP contribution is -2.42. The highest BCUT2D eigenvalue weighted by Crippen LogP contribution is 2.12. The molecule has 3 heteroatoms. The summed E-state index contributed by atoms with van der Waals surface area (Å²) in [5.74, 6) is 0. The summed E-state index contributed by atoms with van der Waals surface area (Å²) < 4.78 is 0. The lowest BCUT2D eigenvalue weighted by atomic mass is 10.1. The number of aliphatic hydroxyl groups excluding tert-OH is 1. The van der Waals surface area contributed by atoms with Crippen LogP contribution in [0.2, 0.25) is 0 Å². The summed E-state index contributed by atoms with van der Waals surface area (Å²) in [5, 5.41) is 9.37. The summed E-state index contributed by atoms with van der Waals surface area (Å²) in [6, 6.07) is 0. The molecule has 0 aromatic carbocycles. The molecule has 1 aliphatic rings. The number of likely N-dealkylation sites (tertiary alicyclic amines) is 1. The minimum atomic E-state index is -0.0880. The first-order chi connectivity index (χ1) is 6.39. The zero-order valence-corrected chi connectivity index (χ0v) is 9.95. The Balaban J connectivity index is 2.21. The molecule has 0 radical (unpaired) electrons. The van der Waals surface area contributed by atoms with E-state index >= 15 is 0 Å². The van der Waals surface area contributed by atoms with Gasteiger partial charge in [0.2, 0.25) is 0 Å². The standard InChI is InChI=1S/C11H24N2O/c1-11(2,3)12(4)7-8-13-6-5-10(14)9-13/h10,14H,5-9H2,1-4H3/t10-/m1/s1. The predicted molar refractivity (Wildman–Crippen MR) is 59.4 cm³/mol. The van der Waals surface area contributed by atoms with Gasteiger partial charge in [-0.25, -0.2) is 0 Å². The Kier molecular flexibility index (Phi) is 3.93. The van der Waals surface area contributed by atoms with Crippen molar-refractivity contribution in [3.63, 3.8) is 0 Å². The summed E-state index contributed by atoms with van der Waals surface area (Å²) in [6.45, 7) is 10.8. The predicted octanol–water partition coefficient (Wildman–Crippen LogP) is 0.783. The zero-order valence-electron chi connectivity index (χ0n) is 9.95. The van der Waals surface area contributed by atoms with Gasteiger partial charge in [0, 0.05) is 31.7 Å². The molecule has 14 heavy (non-hydrogen) atoms. The van der Waals surface area contributed by atoms with E-state index in [1.807, 2.05) is 0 Å². The van der Waals surface area contributed by atoms with E-state index in [4.69, 9.17) is 0 Å². The van der Waals surface area contributed by atoms with Crippen LogP contribution in [0, 0.1) is 0 Å². The van der Waals surface area contributed by atoms with Crippen molar-refractivity contribution in [1.82, 2.24) is 9.80 Å². The highest BCUT2D eigenvalue weighted by Gasteiger charge is 2.22. The molecule has 1 rings (SSSR count). The van der Waals surface area contributed by atoms with Crippen molar-refractivity contribution in [3.8, 4) is 0 Å². The Morgan fingerprint density at radius 1 is 1.43 bits per heavy atom. The third-order valence-electron chi connectivity index (χ3n) is 3.14. The molecule has 0 aromatic rings. The summed E-state index contributed by atoms with van der Waals surface area (Å²) in [6.07, 6.45) is 0.856. The smallest absolute Gasteiger partial charge is 0.0679 e. The van der Waals surface area contributed by atoms with E-state index in [1.165, 1.54) is 0 Å². The maximum Gasteiger partial charge on any atom is 0.0679 e. The average Bonchev–Trinajstić information content (AvgIpc) is 2.45. The van der Waals surface area contributed by atoms with E-state index < -0.39 is 0 Å².